The summed E-state index contributed by atoms with van der Waals surface area (Å²) in [6.07, 6.45) is 7.42. The lowest BCUT2D eigenvalue weighted by atomic mass is 10.1. The molecule has 2 aromatic rings. The second kappa shape index (κ2) is 7.92. The van der Waals surface area contributed by atoms with E-state index in [4.69, 9.17) is 0 Å². The summed E-state index contributed by atoms with van der Waals surface area (Å²) in [5.41, 5.74) is 3.93. The van der Waals surface area contributed by atoms with Crippen LogP contribution in [0.3, 0.4) is 0 Å². The van der Waals surface area contributed by atoms with E-state index in [1.807, 2.05) is 0 Å². The fourth-order valence-corrected chi connectivity index (χ4v) is 8.76. The third-order valence-corrected chi connectivity index (χ3v) is 11.4. The van der Waals surface area contributed by atoms with Gasteiger partial charge in [-0.3, -0.25) is 0 Å². The summed E-state index contributed by atoms with van der Waals surface area (Å²) in [5.74, 6) is 0. The summed E-state index contributed by atoms with van der Waals surface area (Å²) in [6.45, 7) is 5.96. The minimum atomic E-state index is -1.42. The van der Waals surface area contributed by atoms with Crippen molar-refractivity contribution in [3.05, 3.63) is 83.9 Å². The Balaban J connectivity index is 2.00. The van der Waals surface area contributed by atoms with E-state index >= 15 is 0 Å². The highest BCUT2D eigenvalue weighted by Gasteiger charge is 2.54. The maximum Gasteiger partial charge on any atom is 0.129 e. The van der Waals surface area contributed by atoms with Crippen molar-refractivity contribution in [1.82, 2.24) is 4.44 Å². The van der Waals surface area contributed by atoms with Crippen LogP contribution in [0, 0.1) is 0 Å². The molecule has 0 amide bonds. The second-order valence-corrected chi connectivity index (χ2v) is 11.6. The lowest BCUT2D eigenvalue weighted by Gasteiger charge is -2.37. The van der Waals surface area contributed by atoms with Crippen LogP contribution in [-0.4, -0.2) is 17.7 Å². The highest BCUT2D eigenvalue weighted by molar-refractivity contribution is 7.77. The van der Waals surface area contributed by atoms with E-state index in [2.05, 4.69) is 100 Å². The first-order chi connectivity index (χ1) is 11.7. The maximum atomic E-state index is 3.07. The molecule has 1 aliphatic heterocycles. The Morgan fingerprint density at radius 2 is 1.33 bits per heavy atom. The van der Waals surface area contributed by atoms with Crippen molar-refractivity contribution in [2.45, 2.75) is 31.1 Å². The first-order valence-corrected chi connectivity index (χ1v) is 11.7. The van der Waals surface area contributed by atoms with Gasteiger partial charge in [0.05, 0.1) is 6.66 Å². The van der Waals surface area contributed by atoms with E-state index in [1.54, 1.807) is 0 Å². The van der Waals surface area contributed by atoms with Gasteiger partial charge in [0.15, 0.2) is 0 Å². The molecule has 1 aliphatic rings. The van der Waals surface area contributed by atoms with Gasteiger partial charge in [0, 0.05) is 6.54 Å². The monoisotopic (exact) mass is 356 g/mol. The summed E-state index contributed by atoms with van der Waals surface area (Å²) in [4.78, 5) is 0. The van der Waals surface area contributed by atoms with E-state index in [-0.39, 0.29) is 0 Å². The van der Waals surface area contributed by atoms with Crippen molar-refractivity contribution in [1.29, 1.82) is 0 Å². The third-order valence-electron chi connectivity index (χ3n) is 5.18. The average molecular weight is 356 g/mol. The predicted molar refractivity (Wildman–Crippen MR) is 112 cm³/mol. The highest BCUT2D eigenvalue weighted by atomic mass is 31.2. The Hall–Kier alpha value is -1.00. The normalized spacial score (nSPS) is 26.2. The first kappa shape index (κ1) is 17.8. The van der Waals surface area contributed by atoms with Gasteiger partial charge in [-0.1, -0.05) is 74.0 Å². The summed E-state index contributed by atoms with van der Waals surface area (Å²) in [5, 5.41) is 0. The predicted octanol–water partition coefficient (Wildman–Crippen LogP) is 6.49. The van der Waals surface area contributed by atoms with Crippen molar-refractivity contribution in [2.24, 2.45) is 0 Å². The van der Waals surface area contributed by atoms with Crippen molar-refractivity contribution in [3.63, 3.8) is 0 Å². The van der Waals surface area contributed by atoms with Crippen LogP contribution in [0.4, 0.5) is 0 Å². The van der Waals surface area contributed by atoms with Crippen LogP contribution >= 0.6 is 16.8 Å². The molecule has 4 atom stereocenters. The molecule has 0 spiro atoms. The maximum absolute atomic E-state index is 3.07. The molecule has 24 heavy (non-hydrogen) atoms. The van der Waals surface area contributed by atoms with Crippen LogP contribution < -0.4 is 0 Å². The molecule has 2 unspecified atom stereocenters. The van der Waals surface area contributed by atoms with Crippen LogP contribution in [0.15, 0.2) is 72.8 Å². The number of nitrogens with zero attached hydrogens (tertiary/aromatic N) is 1. The number of unbranched alkanes of at least 4 members (excludes halogenated alkanes) is 1. The average Bonchev–Trinajstić information content (AvgIpc) is 2.99. The zero-order valence-corrected chi connectivity index (χ0v) is 16.7. The van der Waals surface area contributed by atoms with Gasteiger partial charge >= 0.3 is 0 Å². The molecule has 0 aromatic heterocycles. The minimum Gasteiger partial charge on any atom is -0.165 e. The van der Waals surface area contributed by atoms with Gasteiger partial charge in [0.1, 0.15) is 18.7 Å². The largest absolute Gasteiger partial charge is 0.165 e. The zero-order chi connectivity index (χ0) is 17.0. The Morgan fingerprint density at radius 1 is 0.875 bits per heavy atom. The van der Waals surface area contributed by atoms with E-state index in [0.717, 1.165) is 6.54 Å². The molecule has 0 bridgehead atoms. The molecule has 0 saturated carbocycles. The van der Waals surface area contributed by atoms with Crippen LogP contribution in [0.25, 0.3) is 0 Å². The zero-order valence-electron chi connectivity index (χ0n) is 14.7. The van der Waals surface area contributed by atoms with Crippen LogP contribution in [-0.2, 0) is 0 Å². The molecule has 126 valence electrons. The van der Waals surface area contributed by atoms with Gasteiger partial charge in [0.2, 0.25) is 0 Å². The highest BCUT2D eigenvalue weighted by Crippen LogP contribution is 2.82. The van der Waals surface area contributed by atoms with Crippen molar-refractivity contribution in [2.75, 3.05) is 13.2 Å². The molecule has 0 aliphatic carbocycles. The Kier molecular flexibility index (Phi) is 5.88. The molecule has 1 nitrogen and oxygen atoms in total. The number of benzene rings is 2. The molecular weight excluding hydrogens is 328 g/mol. The molecule has 3 heteroatoms. The molecule has 0 radical (unpaired) electrons. The van der Waals surface area contributed by atoms with Gasteiger partial charge in [-0.2, -0.15) is 4.44 Å². The van der Waals surface area contributed by atoms with Gasteiger partial charge in [0.25, 0.3) is 0 Å². The smallest absolute Gasteiger partial charge is 0.129 e. The summed E-state index contributed by atoms with van der Waals surface area (Å²) < 4.78 is 2.62. The molecular formula is C21H28NP2+. The van der Waals surface area contributed by atoms with Gasteiger partial charge < -0.3 is 0 Å². The quantitative estimate of drug-likeness (QED) is 0.422. The fourth-order valence-electron chi connectivity index (χ4n) is 3.71. The third kappa shape index (κ3) is 3.36. The topological polar surface area (TPSA) is 3.24 Å². The Labute approximate surface area is 149 Å². The van der Waals surface area contributed by atoms with E-state index in [1.165, 1.54) is 24.0 Å². The lowest BCUT2D eigenvalue weighted by molar-refractivity contribution is 0.632. The number of hydrogen-bond acceptors (Lipinski definition) is 1. The van der Waals surface area contributed by atoms with E-state index in [9.17, 15) is 0 Å². The van der Waals surface area contributed by atoms with E-state index < -0.39 is 7.41 Å². The first-order valence-electron chi connectivity index (χ1n) is 8.84. The van der Waals surface area contributed by atoms with E-state index in [0.29, 0.717) is 11.3 Å². The Bertz CT molecular complexity index is 619. The number of allylic oxidation sites excluding steroid dienone is 2. The molecule has 1 heterocycles. The van der Waals surface area contributed by atoms with Crippen LogP contribution in [0.5, 0.6) is 0 Å². The standard InChI is InChI=1S/C21H28NP2/c1-3-4-17-22(23)24(2)20(18-11-7-5-8-12-18)15-16-21(24)19-13-9-6-10-14-19/h5-16,20-21H,3-4,17,23H2,1-2H3/q+1/t20-,21+,24?. The summed E-state index contributed by atoms with van der Waals surface area (Å²) in [6, 6.07) is 22.1. The van der Waals surface area contributed by atoms with Gasteiger partial charge in [-0.25, -0.2) is 0 Å². The van der Waals surface area contributed by atoms with Crippen molar-refractivity contribution in [3.8, 4) is 0 Å². The molecule has 0 saturated heterocycles. The molecule has 3 rings (SSSR count). The Morgan fingerprint density at radius 3 is 1.75 bits per heavy atom. The van der Waals surface area contributed by atoms with Gasteiger partial charge in [-0.15, -0.1) is 0 Å². The van der Waals surface area contributed by atoms with Crippen molar-refractivity contribution < 1.29 is 0 Å². The van der Waals surface area contributed by atoms with Crippen LogP contribution in [0.1, 0.15) is 42.2 Å². The summed E-state index contributed by atoms with van der Waals surface area (Å²) >= 11 is 0. The van der Waals surface area contributed by atoms with Gasteiger partial charge in [-0.05, 0) is 39.1 Å². The molecule has 2 aromatic carbocycles. The van der Waals surface area contributed by atoms with Crippen molar-refractivity contribution >= 4 is 16.8 Å². The number of hydrogen-bond donors (Lipinski definition) is 0. The SMILES string of the molecule is CCCCN(P)[P+]1(C)[C@@H](c2ccccc2)C=C[C@H]1c1ccccc1. The lowest BCUT2D eigenvalue weighted by Crippen LogP contribution is -2.21. The fraction of sp³-hybridized carbons (Fsp3) is 0.333. The minimum absolute atomic E-state index is 0.512. The molecule has 0 fully saturated rings. The van der Waals surface area contributed by atoms with Crippen LogP contribution in [0.2, 0.25) is 0 Å². The second-order valence-electron chi connectivity index (χ2n) is 6.71. The number of rotatable bonds is 6. The summed E-state index contributed by atoms with van der Waals surface area (Å²) in [7, 11) is 1.65. The molecule has 0 N–H and O–H groups in total.